The van der Waals surface area contributed by atoms with Crippen LogP contribution in [0.1, 0.15) is 55.8 Å². The summed E-state index contributed by atoms with van der Waals surface area (Å²) in [6.07, 6.45) is 9.87. The molecule has 1 amide bonds. The van der Waals surface area contributed by atoms with Gasteiger partial charge in [-0.15, -0.1) is 0 Å². The van der Waals surface area contributed by atoms with E-state index in [1.165, 1.54) is 6.42 Å². The Labute approximate surface area is 225 Å². The van der Waals surface area contributed by atoms with Crippen molar-refractivity contribution in [2.45, 2.75) is 63.3 Å². The molecule has 38 heavy (non-hydrogen) atoms. The molecule has 1 fully saturated rings. The fourth-order valence-electron chi connectivity index (χ4n) is 5.89. The van der Waals surface area contributed by atoms with Crippen LogP contribution in [0, 0.1) is 6.92 Å². The zero-order valence-corrected chi connectivity index (χ0v) is 22.6. The average molecular weight is 511 g/mol. The van der Waals surface area contributed by atoms with Crippen LogP contribution in [0.3, 0.4) is 0 Å². The number of methoxy groups -OCH3 is 1. The number of benzene rings is 2. The van der Waals surface area contributed by atoms with Gasteiger partial charge in [0, 0.05) is 46.9 Å². The summed E-state index contributed by atoms with van der Waals surface area (Å²) in [5, 5.41) is 8.11. The number of nitrogens with zero attached hydrogens (tertiary/aromatic N) is 1. The lowest BCUT2D eigenvalue weighted by atomic mass is 9.71. The molecule has 1 aliphatic carbocycles. The zero-order valence-electron chi connectivity index (χ0n) is 22.6. The molecule has 0 spiro atoms. The number of amides is 1. The van der Waals surface area contributed by atoms with Crippen LogP contribution in [0.25, 0.3) is 10.9 Å². The summed E-state index contributed by atoms with van der Waals surface area (Å²) < 4.78 is 5.33. The van der Waals surface area contributed by atoms with Crippen LogP contribution in [0.15, 0.2) is 73.1 Å². The molecule has 5 rings (SSSR count). The van der Waals surface area contributed by atoms with E-state index in [0.717, 1.165) is 64.8 Å². The molecule has 6 nitrogen and oxygen atoms in total. The van der Waals surface area contributed by atoms with Gasteiger partial charge in [-0.1, -0.05) is 49.6 Å². The minimum absolute atomic E-state index is 0.0113. The molecule has 198 valence electrons. The second-order valence-corrected chi connectivity index (χ2v) is 11.0. The highest BCUT2D eigenvalue weighted by molar-refractivity contribution is 5.91. The maximum absolute atomic E-state index is 14.1. The number of hydrogen-bond donors (Lipinski definition) is 3. The molecule has 0 saturated heterocycles. The molecule has 4 aromatic rings. The molecular weight excluding hydrogens is 472 g/mol. The van der Waals surface area contributed by atoms with Crippen LogP contribution in [0.5, 0.6) is 5.75 Å². The van der Waals surface area contributed by atoms with E-state index < -0.39 is 5.54 Å². The van der Waals surface area contributed by atoms with Crippen LogP contribution in [0.2, 0.25) is 0 Å². The highest BCUT2D eigenvalue weighted by Gasteiger charge is 2.39. The molecule has 0 bridgehead atoms. The van der Waals surface area contributed by atoms with Crippen LogP contribution in [-0.2, 0) is 16.6 Å². The molecule has 2 aromatic heterocycles. The Balaban J connectivity index is 1.43. The normalized spacial score (nSPS) is 16.5. The van der Waals surface area contributed by atoms with Crippen molar-refractivity contribution in [3.63, 3.8) is 0 Å². The van der Waals surface area contributed by atoms with E-state index in [-0.39, 0.29) is 11.3 Å². The van der Waals surface area contributed by atoms with Gasteiger partial charge in [0.25, 0.3) is 0 Å². The van der Waals surface area contributed by atoms with E-state index in [1.54, 1.807) is 13.3 Å². The quantitative estimate of drug-likeness (QED) is 0.246. The van der Waals surface area contributed by atoms with E-state index in [2.05, 4.69) is 52.9 Å². The lowest BCUT2D eigenvalue weighted by Gasteiger charge is -2.39. The van der Waals surface area contributed by atoms with Gasteiger partial charge >= 0.3 is 0 Å². The van der Waals surface area contributed by atoms with E-state index in [9.17, 15) is 4.79 Å². The number of H-pyrrole nitrogens is 1. The Hall–Kier alpha value is -3.80. The van der Waals surface area contributed by atoms with Gasteiger partial charge in [0.2, 0.25) is 5.91 Å². The lowest BCUT2D eigenvalue weighted by molar-refractivity contribution is -0.125. The van der Waals surface area contributed by atoms with Gasteiger partial charge in [0.05, 0.1) is 13.3 Å². The highest BCUT2D eigenvalue weighted by Crippen LogP contribution is 2.39. The summed E-state index contributed by atoms with van der Waals surface area (Å²) in [4.78, 5) is 22.2. The second-order valence-electron chi connectivity index (χ2n) is 11.0. The standard InChI is InChI=1S/C32H38N4O2/c1-23-10-9-11-25(18-23)36-31(2,19-24-20-33-28-13-6-5-12-27(24)28)30(37)35-22-32(16-7-4-8-17-32)29-15-14-26(38-3)21-34-29/h5-6,9-15,18,20-21,33,36H,4,7-8,16-17,19,22H2,1-3H3,(H,35,37)/t31-/m0/s1. The minimum Gasteiger partial charge on any atom is -0.495 e. The third-order valence-electron chi connectivity index (χ3n) is 8.07. The number of nitrogens with one attached hydrogen (secondary N) is 3. The molecule has 1 atom stereocenters. The Bertz CT molecular complexity index is 1390. The Morgan fingerprint density at radius 2 is 1.89 bits per heavy atom. The van der Waals surface area contributed by atoms with Crippen molar-refractivity contribution in [3.8, 4) is 5.75 Å². The van der Waals surface area contributed by atoms with Gasteiger partial charge in [0.1, 0.15) is 11.3 Å². The number of pyridine rings is 1. The monoisotopic (exact) mass is 510 g/mol. The van der Waals surface area contributed by atoms with Crippen molar-refractivity contribution in [2.75, 3.05) is 19.0 Å². The van der Waals surface area contributed by atoms with Crippen molar-refractivity contribution >= 4 is 22.5 Å². The number of para-hydroxylation sites is 1. The van der Waals surface area contributed by atoms with Crippen LogP contribution >= 0.6 is 0 Å². The Kier molecular flexibility index (Phi) is 7.41. The zero-order chi connectivity index (χ0) is 26.6. The first-order valence-electron chi connectivity index (χ1n) is 13.6. The first kappa shape index (κ1) is 25.8. The fourth-order valence-corrected chi connectivity index (χ4v) is 5.89. The van der Waals surface area contributed by atoms with Gasteiger partial charge < -0.3 is 20.4 Å². The summed E-state index contributed by atoms with van der Waals surface area (Å²) >= 11 is 0. The Morgan fingerprint density at radius 3 is 2.63 bits per heavy atom. The Morgan fingerprint density at radius 1 is 1.08 bits per heavy atom. The van der Waals surface area contributed by atoms with Gasteiger partial charge in [-0.3, -0.25) is 9.78 Å². The molecular formula is C32H38N4O2. The average Bonchev–Trinajstić information content (AvgIpc) is 3.34. The number of hydrogen-bond acceptors (Lipinski definition) is 4. The van der Waals surface area contributed by atoms with E-state index in [0.29, 0.717) is 13.0 Å². The van der Waals surface area contributed by atoms with E-state index >= 15 is 0 Å². The van der Waals surface area contributed by atoms with Crippen molar-refractivity contribution in [2.24, 2.45) is 0 Å². The molecule has 1 aliphatic rings. The van der Waals surface area contributed by atoms with Gasteiger partial charge in [-0.25, -0.2) is 0 Å². The first-order chi connectivity index (χ1) is 18.4. The number of aromatic nitrogens is 2. The van der Waals surface area contributed by atoms with Crippen LogP contribution < -0.4 is 15.4 Å². The van der Waals surface area contributed by atoms with Crippen molar-refractivity contribution < 1.29 is 9.53 Å². The van der Waals surface area contributed by atoms with Gasteiger partial charge in [-0.2, -0.15) is 0 Å². The maximum atomic E-state index is 14.1. The van der Waals surface area contributed by atoms with E-state index in [4.69, 9.17) is 9.72 Å². The van der Waals surface area contributed by atoms with Gasteiger partial charge in [0.15, 0.2) is 0 Å². The number of fused-ring (bicyclic) bond motifs is 1. The number of ether oxygens (including phenoxy) is 1. The molecule has 2 heterocycles. The lowest BCUT2D eigenvalue weighted by Crippen LogP contribution is -2.55. The number of carbonyl (C=O) groups is 1. The predicted octanol–water partition coefficient (Wildman–Crippen LogP) is 6.31. The minimum atomic E-state index is -0.859. The van der Waals surface area contributed by atoms with Crippen LogP contribution in [0.4, 0.5) is 5.69 Å². The van der Waals surface area contributed by atoms with Gasteiger partial charge in [-0.05, 0) is 68.1 Å². The predicted molar refractivity (Wildman–Crippen MR) is 154 cm³/mol. The summed E-state index contributed by atoms with van der Waals surface area (Å²) in [5.41, 5.74) is 4.27. The number of aryl methyl sites for hydroxylation is 1. The maximum Gasteiger partial charge on any atom is 0.245 e. The first-order valence-corrected chi connectivity index (χ1v) is 13.6. The summed E-state index contributed by atoms with van der Waals surface area (Å²) in [7, 11) is 1.66. The number of carbonyl (C=O) groups excluding carboxylic acids is 1. The molecule has 2 aromatic carbocycles. The topological polar surface area (TPSA) is 79.0 Å². The molecule has 0 radical (unpaired) electrons. The fraction of sp³-hybridized carbons (Fsp3) is 0.375. The number of anilines is 1. The smallest absolute Gasteiger partial charge is 0.245 e. The van der Waals surface area contributed by atoms with Crippen molar-refractivity contribution in [1.29, 1.82) is 0 Å². The third-order valence-corrected chi connectivity index (χ3v) is 8.07. The largest absolute Gasteiger partial charge is 0.495 e. The SMILES string of the molecule is COc1ccc(C2(CNC(=O)[C@](C)(Cc3c[nH]c4ccccc34)Nc3cccc(C)c3)CCCCC2)nc1. The van der Waals surface area contributed by atoms with Crippen molar-refractivity contribution in [1.82, 2.24) is 15.3 Å². The summed E-state index contributed by atoms with van der Waals surface area (Å²) in [6, 6.07) is 20.5. The molecule has 0 unspecified atom stereocenters. The van der Waals surface area contributed by atoms with Crippen LogP contribution in [-0.4, -0.2) is 35.1 Å². The number of rotatable bonds is 9. The molecule has 1 saturated carbocycles. The summed E-state index contributed by atoms with van der Waals surface area (Å²) in [6.45, 7) is 4.63. The van der Waals surface area contributed by atoms with Crippen molar-refractivity contribution in [3.05, 3.63) is 89.9 Å². The number of aromatic amines is 1. The molecule has 3 N–H and O–H groups in total. The highest BCUT2D eigenvalue weighted by atomic mass is 16.5. The third kappa shape index (κ3) is 5.40. The molecule has 6 heteroatoms. The van der Waals surface area contributed by atoms with E-state index in [1.807, 2.05) is 43.5 Å². The second kappa shape index (κ2) is 10.9. The molecule has 0 aliphatic heterocycles. The summed E-state index contributed by atoms with van der Waals surface area (Å²) in [5.74, 6) is 0.736.